The van der Waals surface area contributed by atoms with Crippen LogP contribution in [0.4, 0.5) is 0 Å². The number of rotatable bonds is 11. The highest BCUT2D eigenvalue weighted by atomic mass is 127. The summed E-state index contributed by atoms with van der Waals surface area (Å²) < 4.78 is 31.8. The highest BCUT2D eigenvalue weighted by molar-refractivity contribution is 14.0. The van der Waals surface area contributed by atoms with Crippen molar-refractivity contribution in [2.24, 2.45) is 4.99 Å². The van der Waals surface area contributed by atoms with Gasteiger partial charge in [0.25, 0.3) is 0 Å². The smallest absolute Gasteiger partial charge is 0.222 e. The fourth-order valence-electron chi connectivity index (χ4n) is 2.83. The maximum Gasteiger partial charge on any atom is 0.222 e. The number of guanidine groups is 1. The average Bonchev–Trinajstić information content (AvgIpc) is 2.66. The predicted octanol–water partition coefficient (Wildman–Crippen LogP) is 1.25. The first kappa shape index (κ1) is 29.3. The van der Waals surface area contributed by atoms with Crippen LogP contribution in [0.15, 0.2) is 4.99 Å². The van der Waals surface area contributed by atoms with Crippen molar-refractivity contribution in [2.75, 3.05) is 51.6 Å². The molecule has 0 aromatic carbocycles. The van der Waals surface area contributed by atoms with Gasteiger partial charge in [-0.15, -0.1) is 24.0 Å². The minimum Gasteiger partial charge on any atom is -0.378 e. The Hall–Kier alpha value is -0.660. The number of carbonyl (C=O) groups excluding carboxylic acids is 1. The van der Waals surface area contributed by atoms with Gasteiger partial charge >= 0.3 is 0 Å². The number of aliphatic imine (C=N–C) groups is 1. The monoisotopic (exact) mass is 561 g/mol. The van der Waals surface area contributed by atoms with Gasteiger partial charge in [-0.05, 0) is 34.1 Å². The van der Waals surface area contributed by atoms with Crippen LogP contribution >= 0.6 is 24.0 Å². The molecule has 0 saturated carbocycles. The molecule has 1 heterocycles. The Kier molecular flexibility index (Phi) is 14.9. The van der Waals surface area contributed by atoms with E-state index in [0.717, 1.165) is 12.4 Å². The van der Waals surface area contributed by atoms with Crippen LogP contribution in [0.5, 0.6) is 0 Å². The SMILES string of the molecule is CCNC(=NCCC(=O)NC(C)CC)N1CCN(S(=O)(=O)CCOC(C)C)CC1.I. The van der Waals surface area contributed by atoms with Crippen molar-refractivity contribution >= 4 is 45.9 Å². The van der Waals surface area contributed by atoms with Gasteiger partial charge in [-0.3, -0.25) is 9.79 Å². The van der Waals surface area contributed by atoms with Crippen molar-refractivity contribution in [1.82, 2.24) is 19.8 Å². The standard InChI is InChI=1S/C19H39N5O4S.HI/c1-6-17(5)22-18(25)8-9-21-19(20-7-2)23-10-12-24(13-11-23)29(26,27)15-14-28-16(3)4;/h16-17H,6-15H2,1-5H3,(H,20,21)(H,22,25);1H. The molecular formula is C19H40IN5O4S. The molecule has 0 bridgehead atoms. The van der Waals surface area contributed by atoms with E-state index >= 15 is 0 Å². The first-order valence-electron chi connectivity index (χ1n) is 10.6. The number of sulfonamides is 1. The predicted molar refractivity (Wildman–Crippen MR) is 132 cm³/mol. The molecule has 0 aromatic heterocycles. The van der Waals surface area contributed by atoms with E-state index in [1.54, 1.807) is 0 Å². The lowest BCUT2D eigenvalue weighted by Gasteiger charge is -2.35. The first-order valence-corrected chi connectivity index (χ1v) is 12.2. The van der Waals surface area contributed by atoms with Crippen LogP contribution in [0.3, 0.4) is 0 Å². The quantitative estimate of drug-likeness (QED) is 0.224. The second-order valence-corrected chi connectivity index (χ2v) is 9.57. The largest absolute Gasteiger partial charge is 0.378 e. The molecule has 0 aromatic rings. The van der Waals surface area contributed by atoms with E-state index in [1.165, 1.54) is 4.31 Å². The molecule has 0 aliphatic carbocycles. The van der Waals surface area contributed by atoms with Crippen LogP contribution in [0.25, 0.3) is 0 Å². The molecule has 9 nitrogen and oxygen atoms in total. The van der Waals surface area contributed by atoms with Crippen LogP contribution in [0.1, 0.15) is 47.5 Å². The molecule has 178 valence electrons. The zero-order valence-corrected chi connectivity index (χ0v) is 22.2. The molecule has 0 spiro atoms. The maximum atomic E-state index is 12.5. The van der Waals surface area contributed by atoms with E-state index < -0.39 is 10.0 Å². The van der Waals surface area contributed by atoms with Crippen LogP contribution in [0, 0.1) is 0 Å². The number of amides is 1. The molecule has 1 aliphatic rings. The zero-order valence-electron chi connectivity index (χ0n) is 19.0. The van der Waals surface area contributed by atoms with Gasteiger partial charge in [0.15, 0.2) is 5.96 Å². The number of hydrogen-bond donors (Lipinski definition) is 2. The number of ether oxygens (including phenoxy) is 1. The second-order valence-electron chi connectivity index (χ2n) is 7.48. The van der Waals surface area contributed by atoms with Crippen LogP contribution in [-0.2, 0) is 19.6 Å². The summed E-state index contributed by atoms with van der Waals surface area (Å²) in [5.74, 6) is 0.729. The summed E-state index contributed by atoms with van der Waals surface area (Å²) in [6, 6.07) is 0.167. The Morgan fingerprint density at radius 1 is 1.13 bits per heavy atom. The molecule has 2 N–H and O–H groups in total. The van der Waals surface area contributed by atoms with E-state index in [2.05, 4.69) is 15.6 Å². The molecule has 0 radical (unpaired) electrons. The lowest BCUT2D eigenvalue weighted by atomic mass is 10.2. The summed E-state index contributed by atoms with van der Waals surface area (Å²) in [7, 11) is -3.31. The third-order valence-electron chi connectivity index (χ3n) is 4.68. The molecule has 1 atom stereocenters. The fourth-order valence-corrected chi connectivity index (χ4v) is 4.12. The van der Waals surface area contributed by atoms with E-state index in [9.17, 15) is 13.2 Å². The molecule has 30 heavy (non-hydrogen) atoms. The highest BCUT2D eigenvalue weighted by Crippen LogP contribution is 2.09. The zero-order chi connectivity index (χ0) is 21.9. The molecule has 1 saturated heterocycles. The van der Waals surface area contributed by atoms with Gasteiger partial charge in [0.05, 0.1) is 25.0 Å². The van der Waals surface area contributed by atoms with Crippen LogP contribution < -0.4 is 10.6 Å². The molecule has 11 heteroatoms. The third-order valence-corrected chi connectivity index (χ3v) is 6.51. The summed E-state index contributed by atoms with van der Waals surface area (Å²) in [6.07, 6.45) is 1.26. The van der Waals surface area contributed by atoms with Crippen molar-refractivity contribution in [3.8, 4) is 0 Å². The number of nitrogens with one attached hydrogen (secondary N) is 2. The summed E-state index contributed by atoms with van der Waals surface area (Å²) in [5.41, 5.74) is 0. The number of nitrogens with zero attached hydrogens (tertiary/aromatic N) is 3. The normalized spacial score (nSPS) is 16.9. The summed E-state index contributed by atoms with van der Waals surface area (Å²) in [4.78, 5) is 18.5. The molecular weight excluding hydrogens is 521 g/mol. The van der Waals surface area contributed by atoms with Gasteiger partial charge in [-0.25, -0.2) is 8.42 Å². The summed E-state index contributed by atoms with van der Waals surface area (Å²) >= 11 is 0. The molecule has 1 aliphatic heterocycles. The Morgan fingerprint density at radius 3 is 2.30 bits per heavy atom. The maximum absolute atomic E-state index is 12.5. The van der Waals surface area contributed by atoms with Crippen molar-refractivity contribution in [3.63, 3.8) is 0 Å². The third kappa shape index (κ3) is 11.1. The molecule has 1 amide bonds. The Labute approximate surface area is 199 Å². The fraction of sp³-hybridized carbons (Fsp3) is 0.895. The second kappa shape index (κ2) is 15.2. The van der Waals surface area contributed by atoms with Crippen LogP contribution in [-0.4, -0.2) is 93.3 Å². The number of carbonyl (C=O) groups is 1. The Bertz CT molecular complexity index is 622. The van der Waals surface area contributed by atoms with Gasteiger partial charge in [0, 0.05) is 45.2 Å². The average molecular weight is 562 g/mol. The van der Waals surface area contributed by atoms with Gasteiger partial charge in [0.2, 0.25) is 15.9 Å². The Morgan fingerprint density at radius 2 is 1.77 bits per heavy atom. The van der Waals surface area contributed by atoms with Crippen molar-refractivity contribution in [1.29, 1.82) is 0 Å². The summed E-state index contributed by atoms with van der Waals surface area (Å²) in [5, 5.41) is 6.17. The van der Waals surface area contributed by atoms with Crippen molar-refractivity contribution in [2.45, 2.75) is 59.6 Å². The summed E-state index contributed by atoms with van der Waals surface area (Å²) in [6.45, 7) is 13.1. The van der Waals surface area contributed by atoms with E-state index in [-0.39, 0.29) is 54.4 Å². The topological polar surface area (TPSA) is 103 Å². The van der Waals surface area contributed by atoms with E-state index in [0.29, 0.717) is 45.7 Å². The molecule has 1 fully saturated rings. The molecule has 1 rings (SSSR count). The van der Waals surface area contributed by atoms with Gasteiger partial charge < -0.3 is 20.3 Å². The Balaban J connectivity index is 0.00000841. The molecule has 1 unspecified atom stereocenters. The van der Waals surface area contributed by atoms with E-state index in [1.807, 2.05) is 39.5 Å². The number of halogens is 1. The lowest BCUT2D eigenvalue weighted by molar-refractivity contribution is -0.121. The van der Waals surface area contributed by atoms with Gasteiger partial charge in [0.1, 0.15) is 0 Å². The van der Waals surface area contributed by atoms with E-state index in [4.69, 9.17) is 4.74 Å². The van der Waals surface area contributed by atoms with Gasteiger partial charge in [-0.1, -0.05) is 6.92 Å². The number of piperazine rings is 1. The minimum absolute atomic E-state index is 0. The van der Waals surface area contributed by atoms with Crippen molar-refractivity contribution in [3.05, 3.63) is 0 Å². The lowest BCUT2D eigenvalue weighted by Crippen LogP contribution is -2.54. The highest BCUT2D eigenvalue weighted by Gasteiger charge is 2.28. The number of hydrogen-bond acceptors (Lipinski definition) is 5. The van der Waals surface area contributed by atoms with Crippen LogP contribution in [0.2, 0.25) is 0 Å². The van der Waals surface area contributed by atoms with Crippen molar-refractivity contribution < 1.29 is 17.9 Å². The first-order chi connectivity index (χ1) is 13.7. The minimum atomic E-state index is -3.31. The van der Waals surface area contributed by atoms with Gasteiger partial charge in [-0.2, -0.15) is 4.31 Å².